The average Bonchev–Trinajstić information content (AvgIpc) is 3.23. The van der Waals surface area contributed by atoms with Crippen LogP contribution in [0, 0.1) is 5.82 Å². The van der Waals surface area contributed by atoms with Crippen molar-refractivity contribution in [3.8, 4) is 11.5 Å². The third kappa shape index (κ3) is 3.19. The molecular weight excluding hydrogens is 267 g/mol. The highest BCUT2D eigenvalue weighted by atomic mass is 19.1. The molecule has 0 heterocycles. The highest BCUT2D eigenvalue weighted by molar-refractivity contribution is 5.78. The zero-order valence-corrected chi connectivity index (χ0v) is 11.4. The summed E-state index contributed by atoms with van der Waals surface area (Å²) in [5.41, 5.74) is 0.0206. The fourth-order valence-electron chi connectivity index (χ4n) is 1.77. The molecule has 110 valence electrons. The second-order valence-electron chi connectivity index (χ2n) is 4.50. The van der Waals surface area contributed by atoms with Gasteiger partial charge in [0.25, 0.3) is 0 Å². The molecule has 0 aromatic heterocycles. The van der Waals surface area contributed by atoms with Gasteiger partial charge in [-0.05, 0) is 25.8 Å². The van der Waals surface area contributed by atoms with Crippen LogP contribution in [0.25, 0.3) is 0 Å². The Bertz CT molecular complexity index is 499. The van der Waals surface area contributed by atoms with Gasteiger partial charge in [0.05, 0.1) is 19.8 Å². The molecule has 1 atom stereocenters. The normalized spacial score (nSPS) is 15.6. The molecule has 2 rings (SSSR count). The van der Waals surface area contributed by atoms with Crippen LogP contribution < -0.4 is 9.47 Å². The number of methoxy groups -OCH3 is 1. The Morgan fingerprint density at radius 1 is 1.50 bits per heavy atom. The number of hydrogen-bond donors (Lipinski definition) is 1. The van der Waals surface area contributed by atoms with E-state index in [1.165, 1.54) is 7.11 Å². The van der Waals surface area contributed by atoms with E-state index in [4.69, 9.17) is 14.2 Å². The molecule has 20 heavy (non-hydrogen) atoms. The van der Waals surface area contributed by atoms with Gasteiger partial charge in [-0.3, -0.25) is 0 Å². The molecule has 6 heteroatoms. The van der Waals surface area contributed by atoms with E-state index in [0.717, 1.165) is 25.0 Å². The van der Waals surface area contributed by atoms with Crippen LogP contribution in [0.5, 0.6) is 11.5 Å². The van der Waals surface area contributed by atoms with Crippen LogP contribution in [-0.4, -0.2) is 30.9 Å². The summed E-state index contributed by atoms with van der Waals surface area (Å²) in [5.74, 6) is -1.13. The summed E-state index contributed by atoms with van der Waals surface area (Å²) in [6.07, 6.45) is 0.182. The lowest BCUT2D eigenvalue weighted by Crippen LogP contribution is -2.17. The third-order valence-electron chi connectivity index (χ3n) is 2.88. The first kappa shape index (κ1) is 14.6. The van der Waals surface area contributed by atoms with Crippen molar-refractivity contribution < 1.29 is 28.5 Å². The minimum absolute atomic E-state index is 0.0162. The fraction of sp³-hybridized carbons (Fsp3) is 0.500. The molecule has 0 radical (unpaired) electrons. The maximum absolute atomic E-state index is 13.6. The molecule has 1 N–H and O–H groups in total. The molecular formula is C14H17FO5. The van der Waals surface area contributed by atoms with E-state index in [9.17, 15) is 14.3 Å². The van der Waals surface area contributed by atoms with Gasteiger partial charge >= 0.3 is 5.97 Å². The Morgan fingerprint density at radius 2 is 2.20 bits per heavy atom. The van der Waals surface area contributed by atoms with Gasteiger partial charge in [-0.2, -0.15) is 0 Å². The van der Waals surface area contributed by atoms with E-state index in [0.29, 0.717) is 0 Å². The Kier molecular flexibility index (Phi) is 4.44. The molecule has 0 saturated heterocycles. The number of rotatable bonds is 6. The van der Waals surface area contributed by atoms with E-state index >= 15 is 0 Å². The maximum Gasteiger partial charge on any atom is 0.339 e. The van der Waals surface area contributed by atoms with Crippen molar-refractivity contribution in [2.24, 2.45) is 0 Å². The number of carbonyl (C=O) groups excluding carboxylic acids is 1. The number of carbonyl (C=O) groups is 1. The van der Waals surface area contributed by atoms with Gasteiger partial charge in [0, 0.05) is 11.6 Å². The standard InChI is InChI=1S/C14H17FO5/c1-3-19-14(17)12(16)10-6-8(15)7-11(18-2)13(10)20-9-4-5-9/h6-7,9,12,16H,3-5H2,1-2H3. The molecule has 0 spiro atoms. The topological polar surface area (TPSA) is 65.0 Å². The second-order valence-corrected chi connectivity index (χ2v) is 4.50. The van der Waals surface area contributed by atoms with Crippen LogP contribution in [0.1, 0.15) is 31.4 Å². The molecule has 1 aromatic carbocycles. The number of aliphatic hydroxyl groups excluding tert-OH is 1. The highest BCUT2D eigenvalue weighted by Gasteiger charge is 2.31. The predicted molar refractivity (Wildman–Crippen MR) is 68.2 cm³/mol. The van der Waals surface area contributed by atoms with Crippen LogP contribution >= 0.6 is 0 Å². The van der Waals surface area contributed by atoms with Gasteiger partial charge in [0.2, 0.25) is 0 Å². The van der Waals surface area contributed by atoms with Crippen molar-refractivity contribution in [1.29, 1.82) is 0 Å². The Morgan fingerprint density at radius 3 is 2.75 bits per heavy atom. The summed E-state index contributed by atoms with van der Waals surface area (Å²) in [4.78, 5) is 11.6. The Balaban J connectivity index is 2.37. The second kappa shape index (κ2) is 6.09. The molecule has 1 aromatic rings. The summed E-state index contributed by atoms with van der Waals surface area (Å²) in [6.45, 7) is 1.75. The lowest BCUT2D eigenvalue weighted by molar-refractivity contribution is -0.153. The van der Waals surface area contributed by atoms with E-state index in [1.807, 2.05) is 0 Å². The molecule has 1 fully saturated rings. The van der Waals surface area contributed by atoms with Crippen LogP contribution in [0.4, 0.5) is 4.39 Å². The first-order chi connectivity index (χ1) is 9.56. The van der Waals surface area contributed by atoms with Crippen LogP contribution in [0.3, 0.4) is 0 Å². The molecule has 1 saturated carbocycles. The number of benzene rings is 1. The molecule has 0 amide bonds. The van der Waals surface area contributed by atoms with Crippen molar-refractivity contribution in [3.05, 3.63) is 23.5 Å². The average molecular weight is 284 g/mol. The summed E-state index contributed by atoms with van der Waals surface area (Å²) in [6, 6.07) is 2.21. The van der Waals surface area contributed by atoms with Crippen LogP contribution in [-0.2, 0) is 9.53 Å². The van der Waals surface area contributed by atoms with E-state index in [-0.39, 0.29) is 29.8 Å². The van der Waals surface area contributed by atoms with E-state index < -0.39 is 17.9 Å². The number of aliphatic hydroxyl groups is 1. The van der Waals surface area contributed by atoms with Gasteiger partial charge in [0.1, 0.15) is 5.82 Å². The molecule has 1 aliphatic carbocycles. The van der Waals surface area contributed by atoms with Crippen molar-refractivity contribution in [2.45, 2.75) is 32.0 Å². The van der Waals surface area contributed by atoms with Crippen molar-refractivity contribution in [2.75, 3.05) is 13.7 Å². The number of ether oxygens (including phenoxy) is 3. The first-order valence-electron chi connectivity index (χ1n) is 6.45. The predicted octanol–water partition coefficient (Wildman–Crippen LogP) is 1.97. The van der Waals surface area contributed by atoms with Crippen molar-refractivity contribution >= 4 is 5.97 Å². The maximum atomic E-state index is 13.6. The number of esters is 1. The zero-order chi connectivity index (χ0) is 14.7. The first-order valence-corrected chi connectivity index (χ1v) is 6.45. The minimum Gasteiger partial charge on any atom is -0.493 e. The Hall–Kier alpha value is -1.82. The third-order valence-corrected chi connectivity index (χ3v) is 2.88. The quantitative estimate of drug-likeness (QED) is 0.809. The summed E-state index contributed by atoms with van der Waals surface area (Å²) >= 11 is 0. The number of halogens is 1. The van der Waals surface area contributed by atoms with Gasteiger partial charge in [-0.25, -0.2) is 9.18 Å². The lowest BCUT2D eigenvalue weighted by atomic mass is 10.1. The summed E-state index contributed by atoms with van der Waals surface area (Å²) in [5, 5.41) is 10.0. The Labute approximate surface area is 116 Å². The minimum atomic E-state index is -1.60. The van der Waals surface area contributed by atoms with Gasteiger partial charge in [-0.15, -0.1) is 0 Å². The van der Waals surface area contributed by atoms with Crippen LogP contribution in [0.15, 0.2) is 12.1 Å². The summed E-state index contributed by atoms with van der Waals surface area (Å²) < 4.78 is 29.0. The van der Waals surface area contributed by atoms with Gasteiger partial charge in [0.15, 0.2) is 17.6 Å². The van der Waals surface area contributed by atoms with E-state index in [1.54, 1.807) is 6.92 Å². The highest BCUT2D eigenvalue weighted by Crippen LogP contribution is 2.40. The van der Waals surface area contributed by atoms with E-state index in [2.05, 4.69) is 0 Å². The molecule has 0 aliphatic heterocycles. The van der Waals surface area contributed by atoms with Crippen LogP contribution in [0.2, 0.25) is 0 Å². The molecule has 1 unspecified atom stereocenters. The SMILES string of the molecule is CCOC(=O)C(O)c1cc(F)cc(OC)c1OC1CC1. The molecule has 5 nitrogen and oxygen atoms in total. The lowest BCUT2D eigenvalue weighted by Gasteiger charge is -2.18. The fourth-order valence-corrected chi connectivity index (χ4v) is 1.77. The van der Waals surface area contributed by atoms with Gasteiger partial charge in [-0.1, -0.05) is 0 Å². The smallest absolute Gasteiger partial charge is 0.339 e. The monoisotopic (exact) mass is 284 g/mol. The van der Waals surface area contributed by atoms with Crippen molar-refractivity contribution in [3.63, 3.8) is 0 Å². The zero-order valence-electron chi connectivity index (χ0n) is 11.4. The molecule has 0 bridgehead atoms. The van der Waals surface area contributed by atoms with Gasteiger partial charge < -0.3 is 19.3 Å². The summed E-state index contributed by atoms with van der Waals surface area (Å²) in [7, 11) is 1.37. The molecule has 1 aliphatic rings. The number of hydrogen-bond acceptors (Lipinski definition) is 5. The van der Waals surface area contributed by atoms with Crippen molar-refractivity contribution in [1.82, 2.24) is 0 Å². The largest absolute Gasteiger partial charge is 0.493 e.